The van der Waals surface area contributed by atoms with Gasteiger partial charge in [0.2, 0.25) is 0 Å². The van der Waals surface area contributed by atoms with Crippen molar-refractivity contribution in [2.45, 2.75) is 169 Å². The maximum atomic E-state index is 13.2. The predicted molar refractivity (Wildman–Crippen MR) is 136 cm³/mol. The van der Waals surface area contributed by atoms with Gasteiger partial charge in [-0.15, -0.1) is 0 Å². The summed E-state index contributed by atoms with van der Waals surface area (Å²) in [6.07, 6.45) is 12.1. The number of unbranched alkanes of at least 4 members (excludes halogenated alkanes) is 5. The van der Waals surface area contributed by atoms with Crippen LogP contribution >= 0.6 is 0 Å². The molecule has 1 amide bonds. The van der Waals surface area contributed by atoms with Gasteiger partial charge < -0.3 is 15.3 Å². The summed E-state index contributed by atoms with van der Waals surface area (Å²) in [5.74, 6) is 0.0174. The number of carbonyl (C=O) groups is 1. The van der Waals surface area contributed by atoms with Crippen LogP contribution in [0.15, 0.2) is 0 Å². The van der Waals surface area contributed by atoms with E-state index < -0.39 is 22.4 Å². The minimum atomic E-state index is -0.844. The van der Waals surface area contributed by atoms with Crippen LogP contribution in [0.1, 0.15) is 146 Å². The van der Waals surface area contributed by atoms with Gasteiger partial charge in [-0.1, -0.05) is 80.1 Å². The number of hydroxylamine groups is 2. The van der Waals surface area contributed by atoms with Crippen molar-refractivity contribution in [2.75, 3.05) is 0 Å². The monoisotopic (exact) mass is 456 g/mol. The van der Waals surface area contributed by atoms with Crippen molar-refractivity contribution in [2.24, 2.45) is 0 Å². The van der Waals surface area contributed by atoms with Crippen LogP contribution in [0.5, 0.6) is 0 Å². The molecule has 0 aromatic heterocycles. The smallest absolute Gasteiger partial charge is 0.254 e. The third-order valence-electron chi connectivity index (χ3n) is 6.35. The second-order valence-corrected chi connectivity index (χ2v) is 10.8. The number of carbonyl (C=O) groups excluding carboxylic acids is 1. The number of hydrogen-bond donors (Lipinski definition) is 2. The Morgan fingerprint density at radius 2 is 1.25 bits per heavy atom. The number of nitrogens with one attached hydrogen (secondary N) is 1. The van der Waals surface area contributed by atoms with Gasteiger partial charge in [0.25, 0.3) is 5.91 Å². The van der Waals surface area contributed by atoms with Crippen LogP contribution in [0, 0.1) is 0 Å². The largest absolute Gasteiger partial charge is 0.339 e. The number of hydrogen-bond acceptors (Lipinski definition) is 4. The highest BCUT2D eigenvalue weighted by atomic mass is 16.6. The number of ether oxygens (including phenoxy) is 1. The van der Waals surface area contributed by atoms with Gasteiger partial charge in [0.05, 0.1) is 0 Å². The average molecular weight is 457 g/mol. The van der Waals surface area contributed by atoms with E-state index in [0.717, 1.165) is 38.5 Å². The van der Waals surface area contributed by atoms with E-state index in [1.165, 1.54) is 30.7 Å². The van der Waals surface area contributed by atoms with Crippen LogP contribution in [-0.4, -0.2) is 38.6 Å². The topological polar surface area (TPSA) is 61.8 Å². The Morgan fingerprint density at radius 1 is 0.844 bits per heavy atom. The molecule has 0 saturated carbocycles. The van der Waals surface area contributed by atoms with Crippen molar-refractivity contribution < 1.29 is 14.7 Å². The lowest BCUT2D eigenvalue weighted by atomic mass is 9.72. The first kappa shape index (κ1) is 31.4. The Morgan fingerprint density at radius 3 is 1.69 bits per heavy atom. The molecule has 2 saturated heterocycles. The van der Waals surface area contributed by atoms with Crippen LogP contribution in [0.4, 0.5) is 0 Å². The van der Waals surface area contributed by atoms with Crippen LogP contribution in [-0.2, 0) is 9.53 Å². The summed E-state index contributed by atoms with van der Waals surface area (Å²) in [6.45, 7) is 20.6. The highest BCUT2D eigenvalue weighted by Crippen LogP contribution is 2.49. The molecule has 1 spiro atoms. The molecule has 1 unspecified atom stereocenters. The third kappa shape index (κ3) is 8.29. The lowest BCUT2D eigenvalue weighted by molar-refractivity contribution is -0.282. The maximum Gasteiger partial charge on any atom is 0.254 e. The Labute approximate surface area is 200 Å². The summed E-state index contributed by atoms with van der Waals surface area (Å²) in [7, 11) is 0. The fraction of sp³-hybridized carbons (Fsp3) is 0.963. The van der Waals surface area contributed by atoms with Crippen LogP contribution in [0.3, 0.4) is 0 Å². The Bertz CT molecular complexity index is 515. The van der Waals surface area contributed by atoms with E-state index in [2.05, 4.69) is 33.0 Å². The van der Waals surface area contributed by atoms with E-state index in [4.69, 9.17) is 4.74 Å². The van der Waals surface area contributed by atoms with Crippen molar-refractivity contribution in [3.8, 4) is 0 Å². The molecule has 1 atom stereocenters. The molecule has 5 nitrogen and oxygen atoms in total. The van der Waals surface area contributed by atoms with Crippen LogP contribution in [0.25, 0.3) is 0 Å². The predicted octanol–water partition coefficient (Wildman–Crippen LogP) is 7.60. The van der Waals surface area contributed by atoms with Crippen molar-refractivity contribution >= 4 is 5.91 Å². The maximum absolute atomic E-state index is 13.2. The van der Waals surface area contributed by atoms with Gasteiger partial charge in [0.1, 0.15) is 5.72 Å². The molecule has 2 rings (SSSR count). The molecule has 0 aromatic carbocycles. The van der Waals surface area contributed by atoms with Crippen molar-refractivity contribution in [3.05, 3.63) is 0 Å². The minimum Gasteiger partial charge on any atom is -0.339 e. The molecular formula is C27H56N2O3. The molecule has 2 fully saturated rings. The first-order valence-electron chi connectivity index (χ1n) is 13.5. The van der Waals surface area contributed by atoms with E-state index in [1.54, 1.807) is 0 Å². The molecule has 2 aliphatic rings. The molecule has 0 radical (unpaired) electrons. The molecule has 2 aliphatic heterocycles. The summed E-state index contributed by atoms with van der Waals surface area (Å²) < 4.78 is 6.74. The molecule has 2 N–H and O–H groups in total. The zero-order chi connectivity index (χ0) is 25.1. The first-order valence-corrected chi connectivity index (χ1v) is 13.5. The fourth-order valence-electron chi connectivity index (χ4n) is 5.28. The molecule has 192 valence electrons. The highest BCUT2D eigenvalue weighted by Gasteiger charge is 2.63. The quantitative estimate of drug-likeness (QED) is 0.351. The van der Waals surface area contributed by atoms with Gasteiger partial charge in [-0.25, -0.2) is 0 Å². The summed E-state index contributed by atoms with van der Waals surface area (Å²) in [5, 5.41) is 15.4. The molecular weight excluding hydrogens is 400 g/mol. The molecule has 32 heavy (non-hydrogen) atoms. The lowest BCUT2D eigenvalue weighted by Gasteiger charge is -2.54. The van der Waals surface area contributed by atoms with Crippen LogP contribution in [0.2, 0.25) is 0 Å². The van der Waals surface area contributed by atoms with E-state index in [0.29, 0.717) is 12.8 Å². The Balaban J connectivity index is 0.00000177. The van der Waals surface area contributed by atoms with Crippen LogP contribution < -0.4 is 5.32 Å². The zero-order valence-corrected chi connectivity index (χ0v) is 23.2. The summed E-state index contributed by atoms with van der Waals surface area (Å²) in [4.78, 5) is 13.2. The van der Waals surface area contributed by atoms with Gasteiger partial charge in [-0.2, -0.15) is 5.06 Å². The number of amides is 1. The van der Waals surface area contributed by atoms with Gasteiger partial charge in [0.15, 0.2) is 5.60 Å². The zero-order valence-electron chi connectivity index (χ0n) is 23.2. The second-order valence-electron chi connectivity index (χ2n) is 10.8. The molecule has 5 heteroatoms. The summed E-state index contributed by atoms with van der Waals surface area (Å²) in [5.41, 5.74) is -2.41. The number of piperidine rings is 1. The highest BCUT2D eigenvalue weighted by molar-refractivity contribution is 5.88. The number of rotatable bonds is 9. The molecule has 2 heterocycles. The Hall–Kier alpha value is -0.650. The van der Waals surface area contributed by atoms with Crippen molar-refractivity contribution in [1.82, 2.24) is 10.4 Å². The second kappa shape index (κ2) is 13.9. The van der Waals surface area contributed by atoms with E-state index >= 15 is 0 Å². The van der Waals surface area contributed by atoms with E-state index in [9.17, 15) is 10.0 Å². The van der Waals surface area contributed by atoms with Crippen molar-refractivity contribution in [1.29, 1.82) is 0 Å². The van der Waals surface area contributed by atoms with E-state index in [1.807, 2.05) is 41.5 Å². The normalized spacial score (nSPS) is 25.4. The third-order valence-corrected chi connectivity index (χ3v) is 6.35. The fourth-order valence-corrected chi connectivity index (χ4v) is 5.28. The number of nitrogens with zero attached hydrogens (tertiary/aromatic N) is 1. The van der Waals surface area contributed by atoms with Gasteiger partial charge >= 0.3 is 0 Å². The summed E-state index contributed by atoms with van der Waals surface area (Å²) >= 11 is 0. The molecule has 0 bridgehead atoms. The summed E-state index contributed by atoms with van der Waals surface area (Å²) in [6, 6.07) is 0. The lowest BCUT2D eigenvalue weighted by Crippen LogP contribution is -2.66. The standard InChI is InChI=1S/C22H42N2O3.C3H8.C2H6/c1-7-9-11-13-15-22(14-12-10-8-2)23-18(25)21(27-22)16-19(3,4)24(26)20(5,6)17-21;1-3-2;1-2/h26H,7-17H2,1-6H3,(H,23,25);3H2,1-2H3;1-2H3. The minimum absolute atomic E-state index is 0.0174. The SMILES string of the molecule is CC.CCC.CCCCCCC1(CCCCC)NC(=O)C2(CC(C)(C)N(O)C(C)(C)C2)O1. The Kier molecular flexibility index (Phi) is 13.6. The molecule has 0 aliphatic carbocycles. The van der Waals surface area contributed by atoms with Gasteiger partial charge in [0, 0.05) is 23.9 Å². The van der Waals surface area contributed by atoms with Gasteiger partial charge in [-0.3, -0.25) is 4.79 Å². The van der Waals surface area contributed by atoms with Crippen molar-refractivity contribution in [3.63, 3.8) is 0 Å². The average Bonchev–Trinajstić information content (AvgIpc) is 2.96. The van der Waals surface area contributed by atoms with E-state index in [-0.39, 0.29) is 5.91 Å². The molecule has 0 aromatic rings. The first-order chi connectivity index (χ1) is 14.9. The van der Waals surface area contributed by atoms with Gasteiger partial charge in [-0.05, 0) is 53.4 Å².